The van der Waals surface area contributed by atoms with Crippen molar-refractivity contribution in [2.45, 2.75) is 26.3 Å². The summed E-state index contributed by atoms with van der Waals surface area (Å²) in [5.41, 5.74) is 0. The fraction of sp³-hybridized carbons (Fsp3) is 0.667. The molecule has 0 aromatic carbocycles. The quantitative estimate of drug-likeness (QED) is 0.861. The molecule has 2 N–H and O–H groups in total. The Hall–Kier alpha value is -1.74. The van der Waals surface area contributed by atoms with Gasteiger partial charge in [-0.25, -0.2) is 9.59 Å². The summed E-state index contributed by atoms with van der Waals surface area (Å²) >= 11 is 1.30. The molecule has 1 atom stereocenters. The number of amides is 2. The molecular formula is C12H18N4O4S. The summed E-state index contributed by atoms with van der Waals surface area (Å²) in [6.07, 6.45) is 0.794. The molecular weight excluding hydrogens is 296 g/mol. The van der Waals surface area contributed by atoms with Crippen LogP contribution in [0.5, 0.6) is 0 Å². The van der Waals surface area contributed by atoms with Crippen LogP contribution in [0.1, 0.15) is 18.9 Å². The number of carboxylic acids is 1. The number of urea groups is 1. The molecule has 0 aliphatic carbocycles. The van der Waals surface area contributed by atoms with Gasteiger partial charge in [-0.1, -0.05) is 25.2 Å². The largest absolute Gasteiger partial charge is 0.480 e. The minimum Gasteiger partial charge on any atom is -0.480 e. The van der Waals surface area contributed by atoms with Crippen LogP contribution in [0.25, 0.3) is 0 Å². The molecule has 0 radical (unpaired) electrons. The average Bonchev–Trinajstić information content (AvgIpc) is 2.85. The summed E-state index contributed by atoms with van der Waals surface area (Å²) in [4.78, 5) is 24.5. The van der Waals surface area contributed by atoms with Gasteiger partial charge in [0.05, 0.1) is 13.2 Å². The van der Waals surface area contributed by atoms with Crippen molar-refractivity contribution in [1.29, 1.82) is 0 Å². The Morgan fingerprint density at radius 2 is 2.29 bits per heavy atom. The van der Waals surface area contributed by atoms with Gasteiger partial charge in [0.15, 0.2) is 6.04 Å². The van der Waals surface area contributed by atoms with Crippen LogP contribution >= 0.6 is 11.3 Å². The van der Waals surface area contributed by atoms with Gasteiger partial charge in [0.25, 0.3) is 0 Å². The van der Waals surface area contributed by atoms with Gasteiger partial charge in [0.2, 0.25) is 5.13 Å². The van der Waals surface area contributed by atoms with E-state index in [4.69, 9.17) is 9.84 Å². The first-order valence-electron chi connectivity index (χ1n) is 6.68. The fourth-order valence-corrected chi connectivity index (χ4v) is 2.89. The molecule has 1 aliphatic heterocycles. The summed E-state index contributed by atoms with van der Waals surface area (Å²) in [6, 6.07) is -1.46. The number of hydrogen-bond donors (Lipinski definition) is 2. The van der Waals surface area contributed by atoms with Crippen molar-refractivity contribution < 1.29 is 19.4 Å². The number of morpholine rings is 1. The van der Waals surface area contributed by atoms with Crippen LogP contribution < -0.4 is 5.32 Å². The highest BCUT2D eigenvalue weighted by molar-refractivity contribution is 7.15. The number of nitrogens with zero attached hydrogens (tertiary/aromatic N) is 3. The van der Waals surface area contributed by atoms with Crippen LogP contribution in [0, 0.1) is 5.92 Å². The van der Waals surface area contributed by atoms with E-state index in [1.54, 1.807) is 0 Å². The van der Waals surface area contributed by atoms with Crippen molar-refractivity contribution in [3.63, 3.8) is 0 Å². The Labute approximate surface area is 126 Å². The van der Waals surface area contributed by atoms with E-state index in [1.165, 1.54) is 16.2 Å². The topological polar surface area (TPSA) is 105 Å². The zero-order valence-corrected chi connectivity index (χ0v) is 12.7. The first-order valence-corrected chi connectivity index (χ1v) is 7.49. The van der Waals surface area contributed by atoms with Crippen LogP contribution in [0.15, 0.2) is 0 Å². The van der Waals surface area contributed by atoms with Crippen molar-refractivity contribution in [1.82, 2.24) is 15.1 Å². The van der Waals surface area contributed by atoms with Crippen LogP contribution in [0.4, 0.5) is 9.93 Å². The number of carbonyl (C=O) groups excluding carboxylic acids is 1. The van der Waals surface area contributed by atoms with Gasteiger partial charge in [-0.05, 0) is 5.92 Å². The zero-order valence-electron chi connectivity index (χ0n) is 11.9. The standard InChI is InChI=1S/C12H18N4O4S/c1-7(2)5-9-14-15-11(21-9)13-12(19)16-3-4-20-6-8(16)10(17)18/h7-8H,3-6H2,1-2H3,(H,17,18)(H,13,15,19). The van der Waals surface area contributed by atoms with Crippen molar-refractivity contribution in [3.05, 3.63) is 5.01 Å². The Bertz CT molecular complexity index is 519. The number of carbonyl (C=O) groups is 2. The number of ether oxygens (including phenoxy) is 1. The summed E-state index contributed by atoms with van der Waals surface area (Å²) in [5.74, 6) is -0.625. The Morgan fingerprint density at radius 1 is 1.52 bits per heavy atom. The summed E-state index contributed by atoms with van der Waals surface area (Å²) < 4.78 is 5.09. The second kappa shape index (κ2) is 6.81. The lowest BCUT2D eigenvalue weighted by atomic mass is 10.1. The molecule has 1 aromatic rings. The number of rotatable bonds is 4. The highest BCUT2D eigenvalue weighted by Crippen LogP contribution is 2.19. The maximum Gasteiger partial charge on any atom is 0.328 e. The smallest absolute Gasteiger partial charge is 0.328 e. The monoisotopic (exact) mass is 314 g/mol. The van der Waals surface area contributed by atoms with E-state index in [9.17, 15) is 9.59 Å². The number of hydrogen-bond acceptors (Lipinski definition) is 6. The summed E-state index contributed by atoms with van der Waals surface area (Å²) in [7, 11) is 0. The maximum atomic E-state index is 12.1. The molecule has 0 spiro atoms. The Morgan fingerprint density at radius 3 is 2.95 bits per heavy atom. The van der Waals surface area contributed by atoms with E-state index in [1.807, 2.05) is 0 Å². The lowest BCUT2D eigenvalue weighted by molar-refractivity contribution is -0.147. The first-order chi connectivity index (χ1) is 9.97. The van der Waals surface area contributed by atoms with Crippen molar-refractivity contribution in [3.8, 4) is 0 Å². The van der Waals surface area contributed by atoms with E-state index in [2.05, 4.69) is 29.4 Å². The van der Waals surface area contributed by atoms with Gasteiger partial charge in [0.1, 0.15) is 5.01 Å². The number of carboxylic acid groups (broad SMARTS) is 1. The number of aromatic nitrogens is 2. The molecule has 2 amide bonds. The van der Waals surface area contributed by atoms with Gasteiger partial charge in [0, 0.05) is 13.0 Å². The minimum absolute atomic E-state index is 0.00251. The van der Waals surface area contributed by atoms with Gasteiger partial charge in [-0.3, -0.25) is 5.32 Å². The van der Waals surface area contributed by atoms with E-state index >= 15 is 0 Å². The lowest BCUT2D eigenvalue weighted by Crippen LogP contribution is -2.53. The number of nitrogens with one attached hydrogen (secondary N) is 1. The average molecular weight is 314 g/mol. The lowest BCUT2D eigenvalue weighted by Gasteiger charge is -2.32. The van der Waals surface area contributed by atoms with Crippen molar-refractivity contribution in [2.75, 3.05) is 25.1 Å². The van der Waals surface area contributed by atoms with Gasteiger partial charge in [-0.2, -0.15) is 0 Å². The van der Waals surface area contributed by atoms with E-state index < -0.39 is 18.0 Å². The Kier molecular flexibility index (Phi) is 5.07. The zero-order chi connectivity index (χ0) is 15.4. The molecule has 116 valence electrons. The van der Waals surface area contributed by atoms with E-state index in [-0.39, 0.29) is 13.2 Å². The fourth-order valence-electron chi connectivity index (χ4n) is 1.95. The first kappa shape index (κ1) is 15.6. The SMILES string of the molecule is CC(C)Cc1nnc(NC(=O)N2CCOCC2C(=O)O)s1. The van der Waals surface area contributed by atoms with Crippen molar-refractivity contribution >= 4 is 28.5 Å². The molecule has 1 saturated heterocycles. The molecule has 0 saturated carbocycles. The highest BCUT2D eigenvalue weighted by Gasteiger charge is 2.33. The van der Waals surface area contributed by atoms with Crippen LogP contribution in [-0.2, 0) is 16.0 Å². The van der Waals surface area contributed by atoms with E-state index in [0.717, 1.165) is 11.4 Å². The molecule has 2 heterocycles. The molecule has 0 bridgehead atoms. The third-order valence-corrected chi connectivity index (χ3v) is 3.80. The second-order valence-electron chi connectivity index (χ2n) is 5.15. The predicted octanol–water partition coefficient (Wildman–Crippen LogP) is 1.05. The highest BCUT2D eigenvalue weighted by atomic mass is 32.1. The van der Waals surface area contributed by atoms with Gasteiger partial charge in [-0.15, -0.1) is 10.2 Å². The summed E-state index contributed by atoms with van der Waals surface area (Å²) in [5, 5.41) is 20.8. The molecule has 1 aromatic heterocycles. The normalized spacial score (nSPS) is 18.8. The molecule has 1 unspecified atom stereocenters. The molecule has 2 rings (SSSR count). The van der Waals surface area contributed by atoms with Crippen LogP contribution in [-0.4, -0.2) is 58.0 Å². The maximum absolute atomic E-state index is 12.1. The van der Waals surface area contributed by atoms with Crippen LogP contribution in [0.3, 0.4) is 0 Å². The van der Waals surface area contributed by atoms with Gasteiger partial charge >= 0.3 is 12.0 Å². The molecule has 1 aliphatic rings. The third-order valence-electron chi connectivity index (χ3n) is 2.94. The second-order valence-corrected chi connectivity index (χ2v) is 6.21. The number of aliphatic carboxylic acids is 1. The third kappa shape index (κ3) is 4.11. The minimum atomic E-state index is -1.08. The predicted molar refractivity (Wildman–Crippen MR) is 76.4 cm³/mol. The molecule has 8 nitrogen and oxygen atoms in total. The van der Waals surface area contributed by atoms with Crippen LogP contribution in [0.2, 0.25) is 0 Å². The van der Waals surface area contributed by atoms with E-state index in [0.29, 0.717) is 17.7 Å². The Balaban J connectivity index is 1.99. The van der Waals surface area contributed by atoms with Crippen molar-refractivity contribution in [2.24, 2.45) is 5.92 Å². The molecule has 1 fully saturated rings. The molecule has 9 heteroatoms. The summed E-state index contributed by atoms with van der Waals surface area (Å²) in [6.45, 7) is 4.71. The molecule has 21 heavy (non-hydrogen) atoms. The van der Waals surface area contributed by atoms with Gasteiger partial charge < -0.3 is 14.7 Å². The number of anilines is 1.